The minimum atomic E-state index is -0.0880. The number of carbonyl (C=O) groups is 2. The summed E-state index contributed by atoms with van der Waals surface area (Å²) in [7, 11) is 0. The molecule has 0 bridgehead atoms. The molecule has 2 N–H and O–H groups in total. The second-order valence-corrected chi connectivity index (χ2v) is 7.79. The van der Waals surface area contributed by atoms with Gasteiger partial charge < -0.3 is 10.3 Å². The molecule has 0 unspecified atom stereocenters. The number of halogens is 1. The van der Waals surface area contributed by atoms with Gasteiger partial charge in [0.1, 0.15) is 0 Å². The number of aromatic amines is 1. The minimum absolute atomic E-state index is 0.0806. The molecule has 1 aliphatic rings. The van der Waals surface area contributed by atoms with Crippen molar-refractivity contribution in [2.24, 2.45) is 0 Å². The quantitative estimate of drug-likeness (QED) is 0.518. The molecule has 1 aliphatic heterocycles. The number of thioether (sulfide) groups is 1. The van der Waals surface area contributed by atoms with E-state index in [0.717, 1.165) is 16.6 Å². The van der Waals surface area contributed by atoms with Crippen molar-refractivity contribution >= 4 is 51.8 Å². The number of aryl methyl sites for hydroxylation is 2. The number of amides is 1. The number of anilines is 1. The van der Waals surface area contributed by atoms with Crippen molar-refractivity contribution in [1.82, 2.24) is 9.97 Å². The lowest BCUT2D eigenvalue weighted by Gasteiger charge is -2.06. The molecule has 4 rings (SSSR count). The second kappa shape index (κ2) is 6.45. The number of H-pyrrole nitrogens is 1. The number of benzene rings is 2. The van der Waals surface area contributed by atoms with Gasteiger partial charge in [-0.15, -0.1) is 0 Å². The first-order chi connectivity index (χ1) is 12.4. The minimum Gasteiger partial charge on any atom is -0.333 e. The van der Waals surface area contributed by atoms with Gasteiger partial charge in [0.25, 0.3) is 0 Å². The van der Waals surface area contributed by atoms with Crippen LogP contribution in [-0.2, 0) is 11.2 Å². The van der Waals surface area contributed by atoms with Gasteiger partial charge in [0.15, 0.2) is 10.9 Å². The molecular formula is C19H16ClN3O2S. The van der Waals surface area contributed by atoms with Gasteiger partial charge in [0.05, 0.1) is 28.2 Å². The lowest BCUT2D eigenvalue weighted by Crippen LogP contribution is -2.04. The van der Waals surface area contributed by atoms with Gasteiger partial charge in [-0.3, -0.25) is 9.59 Å². The molecule has 5 nitrogen and oxygen atoms in total. The fourth-order valence-electron chi connectivity index (χ4n) is 2.99. The standard InChI is InChI=1S/C19H16ClN3O2S/c1-9-3-15-16(4-10(9)2)23-19(22-15)26-8-17(24)12-5-11-6-18(25)21-14(11)7-13(12)20/h3-5,7H,6,8H2,1-2H3,(H,21,25)(H,22,23). The maximum Gasteiger partial charge on any atom is 0.228 e. The van der Waals surface area contributed by atoms with E-state index in [1.807, 2.05) is 6.07 Å². The van der Waals surface area contributed by atoms with E-state index < -0.39 is 0 Å². The van der Waals surface area contributed by atoms with E-state index in [2.05, 4.69) is 35.2 Å². The molecule has 7 heteroatoms. The predicted molar refractivity (Wildman–Crippen MR) is 104 cm³/mol. The molecule has 0 spiro atoms. The second-order valence-electron chi connectivity index (χ2n) is 6.42. The zero-order valence-electron chi connectivity index (χ0n) is 14.3. The van der Waals surface area contributed by atoms with Gasteiger partial charge >= 0.3 is 0 Å². The number of imidazole rings is 1. The van der Waals surface area contributed by atoms with E-state index in [4.69, 9.17) is 11.6 Å². The first-order valence-corrected chi connectivity index (χ1v) is 9.52. The van der Waals surface area contributed by atoms with E-state index in [0.29, 0.717) is 21.4 Å². The van der Waals surface area contributed by atoms with Crippen molar-refractivity contribution in [2.75, 3.05) is 11.1 Å². The average molecular weight is 386 g/mol. The Morgan fingerprint density at radius 2 is 2.00 bits per heavy atom. The third kappa shape index (κ3) is 3.10. The van der Waals surface area contributed by atoms with Gasteiger partial charge in [-0.05, 0) is 54.8 Å². The number of carbonyl (C=O) groups excluding carboxylic acids is 2. The van der Waals surface area contributed by atoms with E-state index in [1.165, 1.54) is 22.9 Å². The number of Topliss-reactive ketones (excluding diaryl/α,β-unsaturated/α-hetero) is 1. The number of ketones is 1. The Bertz CT molecular complexity index is 1040. The summed E-state index contributed by atoms with van der Waals surface area (Å²) in [6.45, 7) is 4.11. The van der Waals surface area contributed by atoms with Crippen molar-refractivity contribution < 1.29 is 9.59 Å². The van der Waals surface area contributed by atoms with Crippen LogP contribution in [0.2, 0.25) is 5.02 Å². The maximum absolute atomic E-state index is 12.6. The number of hydrogen-bond donors (Lipinski definition) is 2. The molecule has 0 fully saturated rings. The highest BCUT2D eigenvalue weighted by molar-refractivity contribution is 7.99. The normalized spacial score (nSPS) is 13.1. The van der Waals surface area contributed by atoms with Gasteiger partial charge in [-0.1, -0.05) is 23.4 Å². The molecule has 26 heavy (non-hydrogen) atoms. The third-order valence-electron chi connectivity index (χ3n) is 4.53. The molecule has 132 valence electrons. The molecule has 0 saturated carbocycles. The topological polar surface area (TPSA) is 74.8 Å². The van der Waals surface area contributed by atoms with Crippen molar-refractivity contribution in [3.63, 3.8) is 0 Å². The zero-order valence-corrected chi connectivity index (χ0v) is 15.8. The summed E-state index contributed by atoms with van der Waals surface area (Å²) < 4.78 is 0. The fraction of sp³-hybridized carbons (Fsp3) is 0.211. The first-order valence-electron chi connectivity index (χ1n) is 8.16. The van der Waals surface area contributed by atoms with Gasteiger partial charge in [0, 0.05) is 11.3 Å². The van der Waals surface area contributed by atoms with Crippen molar-refractivity contribution in [3.05, 3.63) is 51.5 Å². The van der Waals surface area contributed by atoms with Crippen LogP contribution in [-0.4, -0.2) is 27.4 Å². The Morgan fingerprint density at radius 1 is 1.23 bits per heavy atom. The van der Waals surface area contributed by atoms with Crippen molar-refractivity contribution in [1.29, 1.82) is 0 Å². The van der Waals surface area contributed by atoms with E-state index in [-0.39, 0.29) is 23.9 Å². The van der Waals surface area contributed by atoms with Crippen molar-refractivity contribution in [2.45, 2.75) is 25.4 Å². The summed E-state index contributed by atoms with van der Waals surface area (Å²) in [5.41, 5.74) is 6.17. The van der Waals surface area contributed by atoms with Crippen LogP contribution < -0.4 is 5.32 Å². The van der Waals surface area contributed by atoms with Gasteiger partial charge in [0.2, 0.25) is 5.91 Å². The summed E-state index contributed by atoms with van der Waals surface area (Å²) >= 11 is 7.57. The summed E-state index contributed by atoms with van der Waals surface area (Å²) in [6.07, 6.45) is 0.280. The van der Waals surface area contributed by atoms with E-state index in [1.54, 1.807) is 12.1 Å². The fourth-order valence-corrected chi connectivity index (χ4v) is 4.03. The highest BCUT2D eigenvalue weighted by Gasteiger charge is 2.22. The third-order valence-corrected chi connectivity index (χ3v) is 5.72. The Morgan fingerprint density at radius 3 is 2.81 bits per heavy atom. The Labute approximate surface area is 159 Å². The molecule has 2 heterocycles. The number of nitrogens with zero attached hydrogens (tertiary/aromatic N) is 1. The molecule has 0 radical (unpaired) electrons. The molecule has 0 aliphatic carbocycles. The Kier molecular flexibility index (Phi) is 4.25. The van der Waals surface area contributed by atoms with E-state index >= 15 is 0 Å². The molecule has 1 aromatic heterocycles. The average Bonchev–Trinajstić information content (AvgIpc) is 3.13. The number of hydrogen-bond acceptors (Lipinski definition) is 4. The highest BCUT2D eigenvalue weighted by Crippen LogP contribution is 2.31. The van der Waals surface area contributed by atoms with Crippen LogP contribution in [0, 0.1) is 13.8 Å². The number of rotatable bonds is 4. The summed E-state index contributed by atoms with van der Waals surface area (Å²) in [5, 5.41) is 3.79. The zero-order chi connectivity index (χ0) is 18.4. The smallest absolute Gasteiger partial charge is 0.228 e. The SMILES string of the molecule is Cc1cc2nc(SCC(=O)c3cc4c(cc3Cl)NC(=O)C4)[nH]c2cc1C. The molecule has 0 saturated heterocycles. The van der Waals surface area contributed by atoms with Crippen LogP contribution in [0.1, 0.15) is 27.0 Å². The number of fused-ring (bicyclic) bond motifs is 2. The van der Waals surface area contributed by atoms with Crippen LogP contribution >= 0.6 is 23.4 Å². The number of aromatic nitrogens is 2. The molecular weight excluding hydrogens is 370 g/mol. The van der Waals surface area contributed by atoms with Crippen molar-refractivity contribution in [3.8, 4) is 0 Å². The largest absolute Gasteiger partial charge is 0.333 e. The molecule has 3 aromatic rings. The first kappa shape index (κ1) is 17.1. The molecule has 1 amide bonds. The van der Waals surface area contributed by atoms with Crippen LogP contribution in [0.5, 0.6) is 0 Å². The molecule has 0 atom stereocenters. The van der Waals surface area contributed by atoms with Crippen LogP contribution in [0.4, 0.5) is 5.69 Å². The van der Waals surface area contributed by atoms with Crippen LogP contribution in [0.3, 0.4) is 0 Å². The van der Waals surface area contributed by atoms with Crippen LogP contribution in [0.25, 0.3) is 11.0 Å². The summed E-state index contributed by atoms with van der Waals surface area (Å²) in [4.78, 5) is 31.9. The highest BCUT2D eigenvalue weighted by atomic mass is 35.5. The lowest BCUT2D eigenvalue weighted by atomic mass is 10.1. The van der Waals surface area contributed by atoms with Gasteiger partial charge in [-0.2, -0.15) is 0 Å². The maximum atomic E-state index is 12.6. The Hall–Kier alpha value is -2.31. The van der Waals surface area contributed by atoms with Gasteiger partial charge in [-0.25, -0.2) is 4.98 Å². The Balaban J connectivity index is 1.53. The summed E-state index contributed by atoms with van der Waals surface area (Å²) in [5.74, 6) is 0.0513. The number of nitrogens with one attached hydrogen (secondary N) is 2. The predicted octanol–water partition coefficient (Wildman–Crippen LogP) is 4.30. The lowest BCUT2D eigenvalue weighted by molar-refractivity contribution is -0.115. The molecule has 2 aromatic carbocycles. The summed E-state index contributed by atoms with van der Waals surface area (Å²) in [6, 6.07) is 7.45. The van der Waals surface area contributed by atoms with E-state index in [9.17, 15) is 9.59 Å². The monoisotopic (exact) mass is 385 g/mol. The van der Waals surface area contributed by atoms with Crippen LogP contribution in [0.15, 0.2) is 29.4 Å².